The average Bonchev–Trinajstić information content (AvgIpc) is 3.56. The van der Waals surface area contributed by atoms with Crippen LogP contribution in [0, 0.1) is 35.0 Å². The van der Waals surface area contributed by atoms with Gasteiger partial charge < -0.3 is 40.3 Å². The maximum Gasteiger partial charge on any atom is 0.145 e. The topological polar surface area (TPSA) is 161 Å². The van der Waals surface area contributed by atoms with Crippen LogP contribution in [0.1, 0.15) is 76.8 Å². The minimum absolute atomic E-state index is 0.0451. The zero-order valence-corrected chi connectivity index (χ0v) is 36.2. The smallest absolute Gasteiger partial charge is 0.145 e. The van der Waals surface area contributed by atoms with Crippen LogP contribution in [0.25, 0.3) is 0 Å². The molecule has 326 valence electrons. The number of hydrogen-bond acceptors (Lipinski definition) is 10. The van der Waals surface area contributed by atoms with Gasteiger partial charge in [0.2, 0.25) is 0 Å². The summed E-state index contributed by atoms with van der Waals surface area (Å²) in [6, 6.07) is 8.65. The van der Waals surface area contributed by atoms with Gasteiger partial charge in [0.05, 0.1) is 31.5 Å². The van der Waals surface area contributed by atoms with E-state index < -0.39 is 23.3 Å². The molecule has 5 rings (SSSR count). The predicted octanol–water partition coefficient (Wildman–Crippen LogP) is 5.31. The third-order valence-electron chi connectivity index (χ3n) is 14.1. The molecule has 1 heterocycles. The largest absolute Gasteiger partial charge is 0.396 e. The number of benzene rings is 1. The van der Waals surface area contributed by atoms with Gasteiger partial charge in [0.25, 0.3) is 0 Å². The van der Waals surface area contributed by atoms with E-state index in [-0.39, 0.29) is 61.6 Å². The Balaban J connectivity index is 1.48. The number of aldehydes is 1. The Hall–Kier alpha value is -3.03. The summed E-state index contributed by atoms with van der Waals surface area (Å²) in [6.07, 6.45) is 16.8. The second-order valence-corrected chi connectivity index (χ2v) is 18.0. The first-order valence-corrected chi connectivity index (χ1v) is 21.7. The zero-order chi connectivity index (χ0) is 42.8. The fraction of sp³-hybridized carbons (Fsp3) is 0.612. The Labute approximate surface area is 352 Å². The van der Waals surface area contributed by atoms with E-state index in [9.17, 15) is 30.3 Å². The van der Waals surface area contributed by atoms with Crippen molar-refractivity contribution in [3.8, 4) is 0 Å². The van der Waals surface area contributed by atoms with Gasteiger partial charge in [-0.2, -0.15) is 0 Å². The van der Waals surface area contributed by atoms with E-state index in [0.717, 1.165) is 47.8 Å². The van der Waals surface area contributed by atoms with Gasteiger partial charge in [-0.1, -0.05) is 78.4 Å². The van der Waals surface area contributed by atoms with Gasteiger partial charge in [-0.3, -0.25) is 10.1 Å². The third-order valence-corrected chi connectivity index (χ3v) is 14.1. The second kappa shape index (κ2) is 21.2. The van der Waals surface area contributed by atoms with Gasteiger partial charge in [0.1, 0.15) is 12.5 Å². The number of aliphatic hydroxyl groups is 5. The molecule has 4 aliphatic rings. The number of rotatable bonds is 17. The fourth-order valence-corrected chi connectivity index (χ4v) is 11.0. The minimum atomic E-state index is -1.24. The quantitative estimate of drug-likeness (QED) is 0.0362. The Morgan fingerprint density at radius 2 is 1.90 bits per heavy atom. The molecular formula is C49H72N2O8. The van der Waals surface area contributed by atoms with E-state index in [1.807, 2.05) is 39.1 Å². The first-order valence-electron chi connectivity index (χ1n) is 21.7. The average molecular weight is 817 g/mol. The Kier molecular flexibility index (Phi) is 16.9. The minimum Gasteiger partial charge on any atom is -0.396 e. The number of hydrogen-bond donors (Lipinski definition) is 7. The van der Waals surface area contributed by atoms with Crippen molar-refractivity contribution >= 4 is 6.29 Å². The number of methoxy groups -OCH3 is 1. The van der Waals surface area contributed by atoms with E-state index in [4.69, 9.17) is 9.47 Å². The molecule has 7 N–H and O–H groups in total. The molecule has 0 unspecified atom stereocenters. The normalized spacial score (nSPS) is 34.7. The molecule has 4 bridgehead atoms. The van der Waals surface area contributed by atoms with E-state index in [0.29, 0.717) is 57.2 Å². The maximum absolute atomic E-state index is 12.9. The number of aliphatic hydroxyl groups excluding tert-OH is 4. The number of carbonyl (C=O) groups excluding carboxylic acids is 1. The highest BCUT2D eigenvalue weighted by Gasteiger charge is 2.68. The molecule has 0 saturated heterocycles. The van der Waals surface area contributed by atoms with Crippen molar-refractivity contribution in [3.05, 3.63) is 106 Å². The van der Waals surface area contributed by atoms with E-state index in [1.54, 1.807) is 7.11 Å². The number of ether oxygens (including phenoxy) is 2. The van der Waals surface area contributed by atoms with Gasteiger partial charge >= 0.3 is 0 Å². The van der Waals surface area contributed by atoms with Crippen LogP contribution in [0.2, 0.25) is 0 Å². The van der Waals surface area contributed by atoms with Crippen molar-refractivity contribution in [2.24, 2.45) is 35.0 Å². The molecule has 3 aliphatic carbocycles. The molecule has 10 heteroatoms. The SMILES string of the molecule is C=C(C=CC=C(COCCO)[C@H]1CC[C@]2([C@@H]1O)[C@H]1C(=C(C)C=O)[C@@H](C=C[C@H]1CCO)C[C@]2(O)CCNC)[C@H]1CC=C(C)[C@@H](O)N[C@@](C)(CCOC)Cc2cccc(c2)C1. The van der Waals surface area contributed by atoms with Gasteiger partial charge in [0.15, 0.2) is 0 Å². The first kappa shape index (κ1) is 47.0. The molecule has 0 radical (unpaired) electrons. The zero-order valence-electron chi connectivity index (χ0n) is 36.2. The Morgan fingerprint density at radius 3 is 2.61 bits per heavy atom. The number of fused-ring (bicyclic) bond motifs is 5. The summed E-state index contributed by atoms with van der Waals surface area (Å²) in [5.74, 6) is -0.922. The van der Waals surface area contributed by atoms with Crippen molar-refractivity contribution in [3.63, 3.8) is 0 Å². The molecule has 10 atom stereocenters. The summed E-state index contributed by atoms with van der Waals surface area (Å²) in [4.78, 5) is 12.4. The van der Waals surface area contributed by atoms with Crippen LogP contribution >= 0.6 is 0 Å². The summed E-state index contributed by atoms with van der Waals surface area (Å²) in [5, 5.41) is 63.5. The molecule has 2 saturated carbocycles. The van der Waals surface area contributed by atoms with Gasteiger partial charge in [-0.15, -0.1) is 0 Å². The maximum atomic E-state index is 12.9. The predicted molar refractivity (Wildman–Crippen MR) is 233 cm³/mol. The highest BCUT2D eigenvalue weighted by molar-refractivity contribution is 5.74. The molecule has 1 spiro atoms. The van der Waals surface area contributed by atoms with Crippen LogP contribution in [0.15, 0.2) is 95.2 Å². The fourth-order valence-electron chi connectivity index (χ4n) is 11.0. The monoisotopic (exact) mass is 817 g/mol. The van der Waals surface area contributed by atoms with Crippen molar-refractivity contribution in [1.29, 1.82) is 0 Å². The second-order valence-electron chi connectivity index (χ2n) is 18.0. The van der Waals surface area contributed by atoms with Crippen LogP contribution in [-0.2, 0) is 27.1 Å². The lowest BCUT2D eigenvalue weighted by atomic mass is 9.45. The van der Waals surface area contributed by atoms with Gasteiger partial charge in [-0.05, 0) is 138 Å². The van der Waals surface area contributed by atoms with Crippen LogP contribution in [0.4, 0.5) is 0 Å². The van der Waals surface area contributed by atoms with E-state index in [2.05, 4.69) is 66.6 Å². The number of nitrogens with one attached hydrogen (secondary N) is 2. The standard InChI is InChI=1S/C49H72N2O8/c1-33(39-14-13-34(2)46(56)51-47(4,21-25-58-6)29-37-11-8-10-36(27-37)28-39)9-7-12-41(32-59-26-24-53)42-17-19-49(45(42)55)44-38(18-23-52)15-16-40(43(44)35(3)31-54)30-48(49,57)20-22-50-5/h7-13,15-16,27,31,38-40,42,44-46,50-53,55-57H,1,14,17-26,28-30,32H2,2-6H3/t38-,39-,40-,42+,44+,45+,46+,47-,48+,49+/m0/s1. The summed E-state index contributed by atoms with van der Waals surface area (Å²) >= 11 is 0. The summed E-state index contributed by atoms with van der Waals surface area (Å²) in [7, 11) is 3.56. The highest BCUT2D eigenvalue weighted by atomic mass is 16.5. The van der Waals surface area contributed by atoms with Crippen LogP contribution in [0.5, 0.6) is 0 Å². The van der Waals surface area contributed by atoms with Gasteiger partial charge in [-0.25, -0.2) is 0 Å². The van der Waals surface area contributed by atoms with E-state index >= 15 is 0 Å². The first-order chi connectivity index (χ1) is 28.3. The molecule has 1 aliphatic heterocycles. The van der Waals surface area contributed by atoms with Crippen molar-refractivity contribution in [1.82, 2.24) is 10.6 Å². The van der Waals surface area contributed by atoms with E-state index in [1.165, 1.54) is 11.1 Å². The molecule has 59 heavy (non-hydrogen) atoms. The van der Waals surface area contributed by atoms with Crippen LogP contribution in [-0.4, -0.2) is 109 Å². The molecule has 1 aromatic rings. The van der Waals surface area contributed by atoms with Crippen molar-refractivity contribution in [2.75, 3.05) is 53.7 Å². The summed E-state index contributed by atoms with van der Waals surface area (Å²) < 4.78 is 11.4. The number of carbonyl (C=O) groups is 1. The molecule has 0 amide bonds. The highest BCUT2D eigenvalue weighted by Crippen LogP contribution is 2.67. The summed E-state index contributed by atoms with van der Waals surface area (Å²) in [5.41, 5.74) is 4.07. The Bertz CT molecular complexity index is 1750. The van der Waals surface area contributed by atoms with Crippen LogP contribution < -0.4 is 10.6 Å². The molecule has 10 nitrogen and oxygen atoms in total. The van der Waals surface area contributed by atoms with Gasteiger partial charge in [0, 0.05) is 43.1 Å². The lowest BCUT2D eigenvalue weighted by Gasteiger charge is -2.61. The number of allylic oxidation sites excluding steroid dienone is 9. The summed E-state index contributed by atoms with van der Waals surface area (Å²) in [6.45, 7) is 11.8. The lowest BCUT2D eigenvalue weighted by molar-refractivity contribution is -0.194. The molecule has 1 aromatic carbocycles. The molecule has 2 fully saturated rings. The van der Waals surface area contributed by atoms with Crippen molar-refractivity contribution in [2.45, 2.75) is 102 Å². The Morgan fingerprint density at radius 1 is 1.12 bits per heavy atom. The molecular weight excluding hydrogens is 745 g/mol. The van der Waals surface area contributed by atoms with Crippen molar-refractivity contribution < 1.29 is 39.8 Å². The molecule has 0 aromatic heterocycles. The lowest BCUT2D eigenvalue weighted by Crippen LogP contribution is -2.65. The third kappa shape index (κ3) is 10.5. The van der Waals surface area contributed by atoms with Crippen LogP contribution in [0.3, 0.4) is 0 Å².